The van der Waals surface area contributed by atoms with Crippen molar-refractivity contribution in [2.75, 3.05) is 26.5 Å². The zero-order chi connectivity index (χ0) is 6.41. The molecule has 8 heavy (non-hydrogen) atoms. The molecule has 0 fully saturated rings. The molecule has 0 amide bonds. The summed E-state index contributed by atoms with van der Waals surface area (Å²) < 4.78 is 15.2. The summed E-state index contributed by atoms with van der Waals surface area (Å²) in [5.74, 6) is 0. The van der Waals surface area contributed by atoms with Crippen LogP contribution in [0.2, 0.25) is 0 Å². The maximum Gasteiger partial charge on any atom is 0.335 e. The Labute approximate surface area is 51.0 Å². The molecule has 48 valence electrons. The van der Waals surface area contributed by atoms with E-state index in [9.17, 15) is 4.57 Å². The van der Waals surface area contributed by atoms with E-state index in [2.05, 4.69) is 0 Å². The number of hydrogen-bond acceptors (Lipinski definition) is 2. The second-order valence-electron chi connectivity index (χ2n) is 1.70. The van der Waals surface area contributed by atoms with Gasteiger partial charge in [0.25, 0.3) is 0 Å². The van der Waals surface area contributed by atoms with Crippen LogP contribution in [0.3, 0.4) is 0 Å². The molecule has 0 aliphatic rings. The first-order chi connectivity index (χ1) is 3.77. The summed E-state index contributed by atoms with van der Waals surface area (Å²) in [5, 5.41) is 0. The van der Waals surface area contributed by atoms with Crippen LogP contribution in [-0.2, 0) is 9.30 Å². The van der Waals surface area contributed by atoms with Crippen molar-refractivity contribution >= 4 is 7.80 Å². The van der Waals surface area contributed by atoms with Crippen LogP contribution in [0.5, 0.6) is 0 Å². The summed E-state index contributed by atoms with van der Waals surface area (Å²) in [6.07, 6.45) is 1.71. The highest BCUT2D eigenvalue weighted by Gasteiger charge is 2.02. The molecule has 0 saturated heterocycles. The Balaban J connectivity index is 2.82. The number of hydrogen-bond donors (Lipinski definition) is 0. The fourth-order valence-electron chi connectivity index (χ4n) is 0.432. The molecule has 0 aliphatic heterocycles. The SMILES string of the molecule is COCCC[P+](C)=O. The zero-order valence-corrected chi connectivity index (χ0v) is 6.28. The monoisotopic (exact) mass is 135 g/mol. The molecule has 0 radical (unpaired) electrons. The molecular weight excluding hydrogens is 123 g/mol. The van der Waals surface area contributed by atoms with E-state index in [4.69, 9.17) is 4.74 Å². The second kappa shape index (κ2) is 5.20. The largest absolute Gasteiger partial charge is 0.385 e. The van der Waals surface area contributed by atoms with Crippen molar-refractivity contribution in [1.29, 1.82) is 0 Å². The maximum absolute atomic E-state index is 10.4. The molecule has 0 rings (SSSR count). The average molecular weight is 135 g/mol. The van der Waals surface area contributed by atoms with Crippen LogP contribution in [-0.4, -0.2) is 26.5 Å². The first-order valence-electron chi connectivity index (χ1n) is 2.64. The van der Waals surface area contributed by atoms with Crippen molar-refractivity contribution in [2.24, 2.45) is 0 Å². The maximum atomic E-state index is 10.4. The molecule has 0 saturated carbocycles. The van der Waals surface area contributed by atoms with Crippen molar-refractivity contribution in [3.8, 4) is 0 Å². The van der Waals surface area contributed by atoms with Gasteiger partial charge in [0.05, 0.1) is 6.61 Å². The highest BCUT2D eigenvalue weighted by molar-refractivity contribution is 7.43. The minimum absolute atomic E-state index is 0.731. The Morgan fingerprint density at radius 3 is 2.62 bits per heavy atom. The van der Waals surface area contributed by atoms with Crippen molar-refractivity contribution in [2.45, 2.75) is 6.42 Å². The van der Waals surface area contributed by atoms with Gasteiger partial charge < -0.3 is 4.74 Å². The Morgan fingerprint density at radius 1 is 1.62 bits per heavy atom. The van der Waals surface area contributed by atoms with Crippen molar-refractivity contribution in [1.82, 2.24) is 0 Å². The highest BCUT2D eigenvalue weighted by Crippen LogP contribution is 2.13. The van der Waals surface area contributed by atoms with Gasteiger partial charge in [-0.1, -0.05) is 4.57 Å². The van der Waals surface area contributed by atoms with Gasteiger partial charge in [-0.05, 0) is 0 Å². The van der Waals surface area contributed by atoms with Crippen LogP contribution >= 0.6 is 7.80 Å². The number of methoxy groups -OCH3 is 1. The minimum atomic E-state index is -0.942. The van der Waals surface area contributed by atoms with Gasteiger partial charge in [0.1, 0.15) is 12.8 Å². The summed E-state index contributed by atoms with van der Waals surface area (Å²) in [4.78, 5) is 0. The van der Waals surface area contributed by atoms with Crippen LogP contribution in [0.25, 0.3) is 0 Å². The molecular formula is C5H12O2P+. The van der Waals surface area contributed by atoms with E-state index in [1.54, 1.807) is 13.8 Å². The summed E-state index contributed by atoms with van der Waals surface area (Å²) >= 11 is 0. The lowest BCUT2D eigenvalue weighted by molar-refractivity contribution is 0.199. The predicted molar refractivity (Wildman–Crippen MR) is 34.9 cm³/mol. The lowest BCUT2D eigenvalue weighted by atomic mass is 10.5. The summed E-state index contributed by atoms with van der Waals surface area (Å²) in [6.45, 7) is 2.47. The first-order valence-corrected chi connectivity index (χ1v) is 4.53. The third-order valence-electron chi connectivity index (χ3n) is 0.821. The third-order valence-corrected chi connectivity index (χ3v) is 1.77. The smallest absolute Gasteiger partial charge is 0.335 e. The molecule has 1 atom stereocenters. The van der Waals surface area contributed by atoms with Crippen LogP contribution in [0.1, 0.15) is 6.42 Å². The lowest BCUT2D eigenvalue weighted by Crippen LogP contribution is -1.88. The van der Waals surface area contributed by atoms with E-state index in [-0.39, 0.29) is 0 Å². The van der Waals surface area contributed by atoms with E-state index in [0.29, 0.717) is 0 Å². The molecule has 0 spiro atoms. The Hall–Kier alpha value is 0.0600. The minimum Gasteiger partial charge on any atom is -0.385 e. The molecule has 2 nitrogen and oxygen atoms in total. The number of ether oxygens (including phenoxy) is 1. The van der Waals surface area contributed by atoms with E-state index in [1.807, 2.05) is 0 Å². The van der Waals surface area contributed by atoms with Gasteiger partial charge in [-0.15, -0.1) is 0 Å². The summed E-state index contributed by atoms with van der Waals surface area (Å²) in [7, 11) is 0.713. The fourth-order valence-corrected chi connectivity index (χ4v) is 1.01. The quantitative estimate of drug-likeness (QED) is 0.431. The van der Waals surface area contributed by atoms with Gasteiger partial charge in [-0.2, -0.15) is 0 Å². The summed E-state index contributed by atoms with van der Waals surface area (Å²) in [6, 6.07) is 0. The van der Waals surface area contributed by atoms with Crippen molar-refractivity contribution in [3.05, 3.63) is 0 Å². The van der Waals surface area contributed by atoms with Gasteiger partial charge in [0.15, 0.2) is 0 Å². The summed E-state index contributed by atoms with van der Waals surface area (Å²) in [5.41, 5.74) is 0. The van der Waals surface area contributed by atoms with E-state index < -0.39 is 7.80 Å². The molecule has 0 N–H and O–H groups in total. The van der Waals surface area contributed by atoms with Crippen LogP contribution in [0, 0.1) is 0 Å². The van der Waals surface area contributed by atoms with Gasteiger partial charge in [0, 0.05) is 13.5 Å². The van der Waals surface area contributed by atoms with Crippen molar-refractivity contribution in [3.63, 3.8) is 0 Å². The van der Waals surface area contributed by atoms with Gasteiger partial charge in [-0.25, -0.2) is 0 Å². The normalized spacial score (nSPS) is 11.5. The fraction of sp³-hybridized carbons (Fsp3) is 1.00. The zero-order valence-electron chi connectivity index (χ0n) is 5.39. The van der Waals surface area contributed by atoms with E-state index in [1.165, 1.54) is 0 Å². The Kier molecular flexibility index (Phi) is 5.24. The van der Waals surface area contributed by atoms with E-state index >= 15 is 0 Å². The molecule has 0 heterocycles. The van der Waals surface area contributed by atoms with Crippen molar-refractivity contribution < 1.29 is 9.30 Å². The first kappa shape index (κ1) is 8.06. The lowest BCUT2D eigenvalue weighted by Gasteiger charge is -1.87. The molecule has 0 aromatic heterocycles. The van der Waals surface area contributed by atoms with Gasteiger partial charge in [0.2, 0.25) is 0 Å². The average Bonchev–Trinajstić information content (AvgIpc) is 1.66. The van der Waals surface area contributed by atoms with Crippen LogP contribution in [0.4, 0.5) is 0 Å². The topological polar surface area (TPSA) is 26.3 Å². The predicted octanol–water partition coefficient (Wildman–Crippen LogP) is 1.48. The molecule has 3 heteroatoms. The molecule has 0 aromatic carbocycles. The molecule has 0 bridgehead atoms. The number of rotatable bonds is 4. The van der Waals surface area contributed by atoms with E-state index in [0.717, 1.165) is 19.2 Å². The third kappa shape index (κ3) is 6.06. The highest BCUT2D eigenvalue weighted by atomic mass is 31.1. The molecule has 0 aliphatic carbocycles. The molecule has 1 unspecified atom stereocenters. The molecule has 0 aromatic rings. The van der Waals surface area contributed by atoms with Gasteiger partial charge >= 0.3 is 7.80 Å². The van der Waals surface area contributed by atoms with Crippen LogP contribution in [0.15, 0.2) is 0 Å². The Bertz CT molecular complexity index is 72.8. The van der Waals surface area contributed by atoms with Gasteiger partial charge in [-0.3, -0.25) is 0 Å². The second-order valence-corrected chi connectivity index (χ2v) is 3.40. The van der Waals surface area contributed by atoms with Crippen LogP contribution < -0.4 is 0 Å². The Morgan fingerprint density at radius 2 is 2.25 bits per heavy atom. The standard InChI is InChI=1S/C5H12O2P/c1-7-4-3-5-8(2)6/h3-5H2,1-2H3/q+1.